The van der Waals surface area contributed by atoms with E-state index < -0.39 is 52.9 Å². The lowest BCUT2D eigenvalue weighted by atomic mass is 9.50. The molecule has 4 rings (SSSR count). The summed E-state index contributed by atoms with van der Waals surface area (Å²) in [6, 6.07) is 0. The second-order valence-corrected chi connectivity index (χ2v) is 10.2. The number of rotatable bonds is 9. The number of esters is 2. The molecule has 4 saturated carbocycles. The molecule has 0 amide bonds. The fraction of sp³-hybridized carbons (Fsp3) is 0.889. The van der Waals surface area contributed by atoms with Crippen LogP contribution in [0.1, 0.15) is 51.4 Å². The highest BCUT2D eigenvalue weighted by atomic mass is 32.2. The quantitative estimate of drug-likeness (QED) is 0.432. The first kappa shape index (κ1) is 22.3. The fourth-order valence-corrected chi connectivity index (χ4v) is 5.99. The van der Waals surface area contributed by atoms with Crippen molar-refractivity contribution in [2.45, 2.75) is 62.7 Å². The Bertz CT molecular complexity index is 717. The Morgan fingerprint density at radius 2 is 1.52 bits per heavy atom. The SMILES string of the molecule is O=C(CCC(=O)OC(CF)C(F)(F)S(=O)(=O)O)OCC12CC3CC(CC(C3)C1)C2. The molecule has 4 bridgehead atoms. The minimum atomic E-state index is -5.96. The topological polar surface area (TPSA) is 107 Å². The summed E-state index contributed by atoms with van der Waals surface area (Å²) in [7, 11) is -5.96. The van der Waals surface area contributed by atoms with E-state index in [9.17, 15) is 31.2 Å². The molecule has 0 aromatic rings. The van der Waals surface area contributed by atoms with Gasteiger partial charge in [0, 0.05) is 5.41 Å². The Morgan fingerprint density at radius 1 is 1.03 bits per heavy atom. The largest absolute Gasteiger partial charge is 0.465 e. The first-order valence-corrected chi connectivity index (χ1v) is 11.1. The van der Waals surface area contributed by atoms with Crippen LogP contribution < -0.4 is 0 Å². The van der Waals surface area contributed by atoms with E-state index >= 15 is 0 Å². The van der Waals surface area contributed by atoms with Crippen LogP contribution in [-0.2, 0) is 29.2 Å². The van der Waals surface area contributed by atoms with Crippen LogP contribution in [0.25, 0.3) is 0 Å². The normalized spacial score (nSPS) is 32.1. The Balaban J connectivity index is 1.44. The minimum absolute atomic E-state index is 0.0121. The van der Waals surface area contributed by atoms with Gasteiger partial charge in [-0.2, -0.15) is 17.2 Å². The van der Waals surface area contributed by atoms with Crippen molar-refractivity contribution in [1.29, 1.82) is 0 Å². The monoisotopic (exact) mass is 442 g/mol. The molecule has 0 heterocycles. The molecule has 0 radical (unpaired) electrons. The van der Waals surface area contributed by atoms with Crippen molar-refractivity contribution >= 4 is 22.1 Å². The van der Waals surface area contributed by atoms with Crippen LogP contribution in [0.3, 0.4) is 0 Å². The van der Waals surface area contributed by atoms with Gasteiger partial charge in [0.1, 0.15) is 6.67 Å². The van der Waals surface area contributed by atoms with E-state index in [0.717, 1.165) is 19.3 Å². The third-order valence-corrected chi connectivity index (χ3v) is 7.32. The number of carbonyl (C=O) groups excluding carboxylic acids is 2. The number of carbonyl (C=O) groups is 2. The van der Waals surface area contributed by atoms with Gasteiger partial charge in [0.15, 0.2) is 0 Å². The molecule has 0 aromatic carbocycles. The lowest BCUT2D eigenvalue weighted by molar-refractivity contribution is -0.166. The lowest BCUT2D eigenvalue weighted by Crippen LogP contribution is -2.48. The van der Waals surface area contributed by atoms with Crippen molar-refractivity contribution < 1.29 is 45.2 Å². The van der Waals surface area contributed by atoms with Gasteiger partial charge < -0.3 is 9.47 Å². The van der Waals surface area contributed by atoms with Crippen LogP contribution in [0.15, 0.2) is 0 Å². The Hall–Kier alpha value is -1.36. The zero-order valence-electron chi connectivity index (χ0n) is 15.8. The number of hydrogen-bond donors (Lipinski definition) is 1. The molecule has 11 heteroatoms. The summed E-state index contributed by atoms with van der Waals surface area (Å²) < 4.78 is 78.6. The van der Waals surface area contributed by atoms with E-state index in [1.54, 1.807) is 0 Å². The summed E-state index contributed by atoms with van der Waals surface area (Å²) in [6.07, 6.45) is 2.67. The van der Waals surface area contributed by atoms with Gasteiger partial charge in [-0.1, -0.05) is 0 Å². The Labute approximate surface area is 167 Å². The average molecular weight is 442 g/mol. The van der Waals surface area contributed by atoms with Crippen LogP contribution in [0.2, 0.25) is 0 Å². The van der Waals surface area contributed by atoms with Gasteiger partial charge in [-0.25, -0.2) is 4.39 Å². The molecule has 4 fully saturated rings. The third-order valence-electron chi connectivity index (χ3n) is 6.37. The summed E-state index contributed by atoms with van der Waals surface area (Å²) in [5.74, 6) is -0.0510. The molecule has 166 valence electrons. The van der Waals surface area contributed by atoms with Crippen molar-refractivity contribution in [2.75, 3.05) is 13.3 Å². The van der Waals surface area contributed by atoms with Crippen molar-refractivity contribution in [3.63, 3.8) is 0 Å². The molecule has 1 atom stereocenters. The third kappa shape index (κ3) is 4.87. The zero-order valence-corrected chi connectivity index (χ0v) is 16.6. The van der Waals surface area contributed by atoms with Crippen LogP contribution in [0, 0.1) is 23.2 Å². The molecular formula is C18H25F3O7S. The van der Waals surface area contributed by atoms with Crippen LogP contribution in [-0.4, -0.2) is 49.5 Å². The second kappa shape index (κ2) is 8.05. The number of hydrogen-bond acceptors (Lipinski definition) is 6. The summed E-state index contributed by atoms with van der Waals surface area (Å²) in [6.45, 7) is -1.76. The first-order valence-electron chi connectivity index (χ1n) is 9.70. The van der Waals surface area contributed by atoms with Gasteiger partial charge in [0.2, 0.25) is 6.10 Å². The summed E-state index contributed by atoms with van der Waals surface area (Å²) in [5, 5.41) is -4.99. The Kier molecular flexibility index (Phi) is 6.20. The van der Waals surface area contributed by atoms with Crippen LogP contribution >= 0.6 is 0 Å². The molecule has 7 nitrogen and oxygen atoms in total. The molecule has 1 N–H and O–H groups in total. The summed E-state index contributed by atoms with van der Waals surface area (Å²) >= 11 is 0. The van der Waals surface area contributed by atoms with Gasteiger partial charge in [0.05, 0.1) is 19.4 Å². The van der Waals surface area contributed by atoms with Crippen LogP contribution in [0.4, 0.5) is 13.2 Å². The van der Waals surface area contributed by atoms with Gasteiger partial charge in [-0.05, 0) is 56.3 Å². The molecule has 4 aliphatic carbocycles. The zero-order chi connectivity index (χ0) is 21.4. The van der Waals surface area contributed by atoms with E-state index in [-0.39, 0.29) is 12.0 Å². The average Bonchev–Trinajstić information content (AvgIpc) is 2.60. The molecule has 0 aliphatic heterocycles. The highest BCUT2D eigenvalue weighted by molar-refractivity contribution is 7.86. The lowest BCUT2D eigenvalue weighted by Gasteiger charge is -2.56. The molecule has 29 heavy (non-hydrogen) atoms. The fourth-order valence-electron chi connectivity index (χ4n) is 5.55. The summed E-state index contributed by atoms with van der Waals surface area (Å²) in [4.78, 5) is 23.6. The molecule has 0 saturated heterocycles. The standard InChI is InChI=1S/C18H25F3O7S/c19-9-14(18(20,21)29(24,25)26)28-16(23)2-1-15(22)27-10-17-6-11-3-12(7-17)5-13(4-11)8-17/h11-14H,1-10H2,(H,24,25,26). The van der Waals surface area contributed by atoms with Crippen molar-refractivity contribution in [2.24, 2.45) is 23.2 Å². The van der Waals surface area contributed by atoms with Gasteiger partial charge >= 0.3 is 27.3 Å². The summed E-state index contributed by atoms with van der Waals surface area (Å²) in [5.41, 5.74) is -0.0121. The number of ether oxygens (including phenoxy) is 2. The maximum Gasteiger partial charge on any atom is 0.408 e. The number of alkyl halides is 3. The van der Waals surface area contributed by atoms with Gasteiger partial charge in [-0.3, -0.25) is 14.1 Å². The Morgan fingerprint density at radius 3 is 1.97 bits per heavy atom. The van der Waals surface area contributed by atoms with Gasteiger partial charge in [-0.15, -0.1) is 0 Å². The maximum absolute atomic E-state index is 13.4. The maximum atomic E-state index is 13.4. The van der Waals surface area contributed by atoms with Crippen molar-refractivity contribution in [1.82, 2.24) is 0 Å². The van der Waals surface area contributed by atoms with E-state index in [4.69, 9.17) is 9.29 Å². The molecule has 1 unspecified atom stereocenters. The highest BCUT2D eigenvalue weighted by Gasteiger charge is 2.54. The van der Waals surface area contributed by atoms with Crippen molar-refractivity contribution in [3.8, 4) is 0 Å². The smallest absolute Gasteiger partial charge is 0.408 e. The first-order chi connectivity index (χ1) is 13.4. The second-order valence-electron chi connectivity index (χ2n) is 8.75. The van der Waals surface area contributed by atoms with E-state index in [1.807, 2.05) is 0 Å². The van der Waals surface area contributed by atoms with Gasteiger partial charge in [0.25, 0.3) is 0 Å². The number of halogens is 3. The molecule has 4 aliphatic rings. The van der Waals surface area contributed by atoms with E-state index in [2.05, 4.69) is 4.74 Å². The molecule has 0 aromatic heterocycles. The highest BCUT2D eigenvalue weighted by Crippen LogP contribution is 2.60. The molecular weight excluding hydrogens is 417 g/mol. The van der Waals surface area contributed by atoms with Crippen LogP contribution in [0.5, 0.6) is 0 Å². The molecule has 0 spiro atoms. The predicted molar refractivity (Wildman–Crippen MR) is 93.1 cm³/mol. The van der Waals surface area contributed by atoms with E-state index in [0.29, 0.717) is 17.8 Å². The van der Waals surface area contributed by atoms with E-state index in [1.165, 1.54) is 19.3 Å². The minimum Gasteiger partial charge on any atom is -0.465 e. The van der Waals surface area contributed by atoms with Crippen molar-refractivity contribution in [3.05, 3.63) is 0 Å². The predicted octanol–water partition coefficient (Wildman–Crippen LogP) is 2.89.